The van der Waals surface area contributed by atoms with Gasteiger partial charge in [-0.15, -0.1) is 0 Å². The van der Waals surface area contributed by atoms with Crippen LogP contribution in [0.2, 0.25) is 0 Å². The van der Waals surface area contributed by atoms with Gasteiger partial charge in [-0.05, 0) is 30.5 Å². The summed E-state index contributed by atoms with van der Waals surface area (Å²) in [6.45, 7) is 4.62. The first-order valence-corrected chi connectivity index (χ1v) is 5.13. The van der Waals surface area contributed by atoms with Crippen molar-refractivity contribution in [1.29, 1.82) is 0 Å². The predicted molar refractivity (Wildman–Crippen MR) is 59.5 cm³/mol. The molecule has 1 heterocycles. The number of carbonyl (C=O) groups is 1. The second-order valence-corrected chi connectivity index (χ2v) is 3.84. The van der Waals surface area contributed by atoms with Crippen molar-refractivity contribution in [3.63, 3.8) is 0 Å². The fraction of sp³-hybridized carbons (Fsp3) is 0.308. The van der Waals surface area contributed by atoms with E-state index in [2.05, 4.69) is 6.92 Å². The molecule has 2 rings (SSSR count). The Bertz CT molecular complexity index is 430. The number of cyclic esters (lactones) is 1. The molecule has 0 aliphatic carbocycles. The molecule has 0 unspecified atom stereocenters. The predicted octanol–water partition coefficient (Wildman–Crippen LogP) is 2.63. The standard InChI is InChI=1S/C13H14O2/c1-9-5-6-11(8-10(9)2)12-4-3-7-15-13(12)14/h4-6,8H,3,7H2,1-2H3. The zero-order valence-electron chi connectivity index (χ0n) is 9.04. The van der Waals surface area contributed by atoms with Gasteiger partial charge in [-0.2, -0.15) is 0 Å². The number of benzene rings is 1. The number of ether oxygens (including phenoxy) is 1. The maximum atomic E-state index is 11.5. The van der Waals surface area contributed by atoms with Crippen LogP contribution in [0, 0.1) is 13.8 Å². The topological polar surface area (TPSA) is 26.3 Å². The molecule has 78 valence electrons. The molecule has 15 heavy (non-hydrogen) atoms. The van der Waals surface area contributed by atoms with E-state index in [9.17, 15) is 4.79 Å². The molecule has 0 aromatic heterocycles. The second kappa shape index (κ2) is 3.89. The summed E-state index contributed by atoms with van der Waals surface area (Å²) in [5.74, 6) is -0.204. The summed E-state index contributed by atoms with van der Waals surface area (Å²) in [5.41, 5.74) is 4.10. The number of rotatable bonds is 1. The smallest absolute Gasteiger partial charge is 0.338 e. The van der Waals surface area contributed by atoms with Gasteiger partial charge in [-0.25, -0.2) is 4.79 Å². The summed E-state index contributed by atoms with van der Waals surface area (Å²) >= 11 is 0. The van der Waals surface area contributed by atoms with E-state index in [0.29, 0.717) is 12.2 Å². The van der Waals surface area contributed by atoms with Crippen molar-refractivity contribution >= 4 is 11.5 Å². The first-order chi connectivity index (χ1) is 7.18. The number of carbonyl (C=O) groups excluding carboxylic acids is 1. The first-order valence-electron chi connectivity index (χ1n) is 5.13. The average Bonchev–Trinajstić information content (AvgIpc) is 2.23. The van der Waals surface area contributed by atoms with E-state index in [0.717, 1.165) is 12.0 Å². The minimum atomic E-state index is -0.204. The third-order valence-electron chi connectivity index (χ3n) is 2.74. The minimum Gasteiger partial charge on any atom is -0.462 e. The first kappa shape index (κ1) is 9.97. The fourth-order valence-corrected chi connectivity index (χ4v) is 1.66. The molecule has 0 amide bonds. The number of hydrogen-bond acceptors (Lipinski definition) is 2. The molecule has 2 heteroatoms. The van der Waals surface area contributed by atoms with E-state index in [-0.39, 0.29) is 5.97 Å². The van der Waals surface area contributed by atoms with E-state index < -0.39 is 0 Å². The quantitative estimate of drug-likeness (QED) is 0.654. The number of aryl methyl sites for hydroxylation is 2. The normalized spacial score (nSPS) is 15.9. The Kier molecular flexibility index (Phi) is 2.58. The fourth-order valence-electron chi connectivity index (χ4n) is 1.66. The molecule has 0 radical (unpaired) electrons. The van der Waals surface area contributed by atoms with Crippen LogP contribution in [0.5, 0.6) is 0 Å². The monoisotopic (exact) mass is 202 g/mol. The van der Waals surface area contributed by atoms with Crippen molar-refractivity contribution in [1.82, 2.24) is 0 Å². The van der Waals surface area contributed by atoms with Crippen LogP contribution >= 0.6 is 0 Å². The third-order valence-corrected chi connectivity index (χ3v) is 2.74. The molecular weight excluding hydrogens is 188 g/mol. The van der Waals surface area contributed by atoms with Gasteiger partial charge in [0.15, 0.2) is 0 Å². The van der Waals surface area contributed by atoms with E-state index in [1.807, 2.05) is 31.2 Å². The minimum absolute atomic E-state index is 0.204. The van der Waals surface area contributed by atoms with Crippen LogP contribution in [0.3, 0.4) is 0 Å². The van der Waals surface area contributed by atoms with Crippen LogP contribution in [0.4, 0.5) is 0 Å². The van der Waals surface area contributed by atoms with Crippen molar-refractivity contribution in [2.75, 3.05) is 6.61 Å². The highest BCUT2D eigenvalue weighted by atomic mass is 16.5. The van der Waals surface area contributed by atoms with Crippen molar-refractivity contribution in [2.24, 2.45) is 0 Å². The maximum Gasteiger partial charge on any atom is 0.338 e. The molecule has 1 aliphatic rings. The van der Waals surface area contributed by atoms with Crippen molar-refractivity contribution < 1.29 is 9.53 Å². The highest BCUT2D eigenvalue weighted by Gasteiger charge is 2.16. The van der Waals surface area contributed by atoms with Gasteiger partial charge in [0, 0.05) is 6.42 Å². The maximum absolute atomic E-state index is 11.5. The zero-order chi connectivity index (χ0) is 10.8. The zero-order valence-corrected chi connectivity index (χ0v) is 9.04. The lowest BCUT2D eigenvalue weighted by molar-refractivity contribution is -0.137. The van der Waals surface area contributed by atoms with Crippen molar-refractivity contribution in [3.8, 4) is 0 Å². The Morgan fingerprint density at radius 2 is 2.00 bits per heavy atom. The van der Waals surface area contributed by atoms with E-state index in [1.54, 1.807) is 0 Å². The molecule has 1 aromatic rings. The number of esters is 1. The van der Waals surface area contributed by atoms with E-state index >= 15 is 0 Å². The van der Waals surface area contributed by atoms with E-state index in [4.69, 9.17) is 4.74 Å². The molecule has 0 saturated carbocycles. The van der Waals surface area contributed by atoms with Gasteiger partial charge in [0.1, 0.15) is 0 Å². The van der Waals surface area contributed by atoms with Crippen LogP contribution in [0.1, 0.15) is 23.1 Å². The van der Waals surface area contributed by atoms with Crippen LogP contribution in [-0.4, -0.2) is 12.6 Å². The second-order valence-electron chi connectivity index (χ2n) is 3.84. The van der Waals surface area contributed by atoms with Gasteiger partial charge in [0.05, 0.1) is 12.2 Å². The van der Waals surface area contributed by atoms with Gasteiger partial charge in [-0.1, -0.05) is 24.3 Å². The Morgan fingerprint density at radius 1 is 1.20 bits per heavy atom. The molecule has 2 nitrogen and oxygen atoms in total. The highest BCUT2D eigenvalue weighted by Crippen LogP contribution is 2.22. The molecule has 1 aromatic carbocycles. The molecule has 0 fully saturated rings. The van der Waals surface area contributed by atoms with E-state index in [1.165, 1.54) is 11.1 Å². The Hall–Kier alpha value is -1.57. The summed E-state index contributed by atoms with van der Waals surface area (Å²) in [7, 11) is 0. The molecule has 1 aliphatic heterocycles. The number of hydrogen-bond donors (Lipinski definition) is 0. The Labute approximate surface area is 89.6 Å². The highest BCUT2D eigenvalue weighted by molar-refractivity contribution is 6.16. The summed E-state index contributed by atoms with van der Waals surface area (Å²) in [6, 6.07) is 6.04. The molecule has 0 saturated heterocycles. The lowest BCUT2D eigenvalue weighted by Gasteiger charge is -2.13. The van der Waals surface area contributed by atoms with Crippen molar-refractivity contribution in [2.45, 2.75) is 20.3 Å². The third kappa shape index (κ3) is 1.94. The summed E-state index contributed by atoms with van der Waals surface area (Å²) < 4.78 is 5.01. The molecule has 0 spiro atoms. The van der Waals surface area contributed by atoms with Crippen LogP contribution in [0.15, 0.2) is 24.3 Å². The molecule has 0 atom stereocenters. The summed E-state index contributed by atoms with van der Waals surface area (Å²) in [5, 5.41) is 0. The van der Waals surface area contributed by atoms with Gasteiger partial charge >= 0.3 is 5.97 Å². The average molecular weight is 202 g/mol. The molecular formula is C13H14O2. The van der Waals surface area contributed by atoms with Crippen molar-refractivity contribution in [3.05, 3.63) is 41.0 Å². The lowest BCUT2D eigenvalue weighted by atomic mass is 9.99. The van der Waals surface area contributed by atoms with Crippen LogP contribution < -0.4 is 0 Å². The van der Waals surface area contributed by atoms with Gasteiger partial charge in [0.25, 0.3) is 0 Å². The largest absolute Gasteiger partial charge is 0.462 e. The van der Waals surface area contributed by atoms with Crippen LogP contribution in [-0.2, 0) is 9.53 Å². The van der Waals surface area contributed by atoms with Gasteiger partial charge in [0.2, 0.25) is 0 Å². The SMILES string of the molecule is Cc1ccc(C2=CCCOC2=O)cc1C. The molecule has 0 N–H and O–H groups in total. The molecule has 0 bridgehead atoms. The van der Waals surface area contributed by atoms with Gasteiger partial charge in [-0.3, -0.25) is 0 Å². The summed E-state index contributed by atoms with van der Waals surface area (Å²) in [6.07, 6.45) is 2.77. The lowest BCUT2D eigenvalue weighted by Crippen LogP contribution is -2.12. The summed E-state index contributed by atoms with van der Waals surface area (Å²) in [4.78, 5) is 11.5. The van der Waals surface area contributed by atoms with Gasteiger partial charge < -0.3 is 4.74 Å². The Morgan fingerprint density at radius 3 is 2.67 bits per heavy atom. The van der Waals surface area contributed by atoms with Crippen LogP contribution in [0.25, 0.3) is 5.57 Å². The Balaban J connectivity index is 2.41.